The molecule has 0 amide bonds. The highest BCUT2D eigenvalue weighted by Gasteiger charge is 2.32. The molecule has 0 radical (unpaired) electrons. The molecule has 128 valence electrons. The molecule has 1 aliphatic rings. The van der Waals surface area contributed by atoms with Crippen molar-refractivity contribution in [2.24, 2.45) is 0 Å². The number of anilines is 1. The van der Waals surface area contributed by atoms with Crippen LogP contribution < -0.4 is 4.31 Å². The van der Waals surface area contributed by atoms with Crippen molar-refractivity contribution in [2.75, 3.05) is 10.8 Å². The van der Waals surface area contributed by atoms with Crippen LogP contribution >= 0.6 is 0 Å². The molecule has 4 rings (SSSR count). The Labute approximate surface area is 146 Å². The number of rotatable bonds is 3. The molecule has 1 aliphatic heterocycles. The van der Waals surface area contributed by atoms with Crippen LogP contribution in [0.3, 0.4) is 0 Å². The predicted octanol–water partition coefficient (Wildman–Crippen LogP) is 2.03. The largest absolute Gasteiger partial charge is 0.266 e. The van der Waals surface area contributed by atoms with Crippen molar-refractivity contribution in [1.82, 2.24) is 20.2 Å². The molecule has 8 heteroatoms. The van der Waals surface area contributed by atoms with Gasteiger partial charge in [0.05, 0.1) is 16.3 Å². The highest BCUT2D eigenvalue weighted by atomic mass is 32.2. The Balaban J connectivity index is 1.82. The van der Waals surface area contributed by atoms with Gasteiger partial charge in [-0.15, -0.1) is 5.10 Å². The van der Waals surface area contributed by atoms with Gasteiger partial charge in [-0.3, -0.25) is 4.31 Å². The number of aromatic nitrogens is 4. The first-order valence-electron chi connectivity index (χ1n) is 7.94. The van der Waals surface area contributed by atoms with E-state index in [1.165, 1.54) is 15.3 Å². The third kappa shape index (κ3) is 2.49. The second-order valence-corrected chi connectivity index (χ2v) is 7.92. The van der Waals surface area contributed by atoms with E-state index in [2.05, 4.69) is 15.5 Å². The van der Waals surface area contributed by atoms with Gasteiger partial charge in [-0.1, -0.05) is 18.2 Å². The standard InChI is InChI=1S/C17H17N5O2S/c1-12-9-15(21-11-18-19-20-21)10-13(2)17(12)25(23,24)22-8-7-14-5-3-4-6-16(14)22/h3-6,9-11H,7-8H2,1-2H3. The van der Waals surface area contributed by atoms with Crippen molar-refractivity contribution < 1.29 is 8.42 Å². The third-order valence-electron chi connectivity index (χ3n) is 4.45. The minimum atomic E-state index is -3.63. The Kier molecular flexibility index (Phi) is 3.57. The van der Waals surface area contributed by atoms with Gasteiger partial charge in [0.25, 0.3) is 10.0 Å². The lowest BCUT2D eigenvalue weighted by Gasteiger charge is -2.22. The van der Waals surface area contributed by atoms with Crippen LogP contribution in [0, 0.1) is 13.8 Å². The number of hydrogen-bond donors (Lipinski definition) is 0. The molecule has 7 nitrogen and oxygen atoms in total. The number of aryl methyl sites for hydroxylation is 2. The molecule has 0 spiro atoms. The number of sulfonamides is 1. The number of hydrogen-bond acceptors (Lipinski definition) is 5. The first-order valence-corrected chi connectivity index (χ1v) is 9.38. The first kappa shape index (κ1) is 15.8. The van der Waals surface area contributed by atoms with E-state index < -0.39 is 10.0 Å². The van der Waals surface area contributed by atoms with E-state index in [4.69, 9.17) is 0 Å². The molecule has 25 heavy (non-hydrogen) atoms. The predicted molar refractivity (Wildman–Crippen MR) is 93.3 cm³/mol. The average Bonchev–Trinajstić information content (AvgIpc) is 3.24. The monoisotopic (exact) mass is 355 g/mol. The summed E-state index contributed by atoms with van der Waals surface area (Å²) in [6.07, 6.45) is 2.22. The van der Waals surface area contributed by atoms with E-state index in [0.29, 0.717) is 22.6 Å². The summed E-state index contributed by atoms with van der Waals surface area (Å²) in [5.41, 5.74) is 3.92. The van der Waals surface area contributed by atoms with Crippen LogP contribution in [0.2, 0.25) is 0 Å². The smallest absolute Gasteiger partial charge is 0.264 e. The highest BCUT2D eigenvalue weighted by molar-refractivity contribution is 7.93. The summed E-state index contributed by atoms with van der Waals surface area (Å²) in [5.74, 6) is 0. The molecule has 0 unspecified atom stereocenters. The van der Waals surface area contributed by atoms with Gasteiger partial charge in [-0.2, -0.15) is 0 Å². The minimum Gasteiger partial charge on any atom is -0.266 e. The van der Waals surface area contributed by atoms with E-state index in [-0.39, 0.29) is 0 Å². The average molecular weight is 355 g/mol. The number of nitrogens with zero attached hydrogens (tertiary/aromatic N) is 5. The van der Waals surface area contributed by atoms with Crippen molar-refractivity contribution in [3.63, 3.8) is 0 Å². The van der Waals surface area contributed by atoms with E-state index in [0.717, 1.165) is 23.4 Å². The topological polar surface area (TPSA) is 81.0 Å². The molecule has 2 heterocycles. The van der Waals surface area contributed by atoms with Gasteiger partial charge in [0.2, 0.25) is 0 Å². The fraction of sp³-hybridized carbons (Fsp3) is 0.235. The lowest BCUT2D eigenvalue weighted by atomic mass is 10.1. The number of tetrazole rings is 1. The number of benzene rings is 2. The van der Waals surface area contributed by atoms with Gasteiger partial charge in [0.15, 0.2) is 0 Å². The van der Waals surface area contributed by atoms with Crippen LogP contribution in [0.4, 0.5) is 5.69 Å². The molecule has 3 aromatic rings. The maximum atomic E-state index is 13.3. The van der Waals surface area contributed by atoms with Gasteiger partial charge in [0.1, 0.15) is 6.33 Å². The Bertz CT molecular complexity index is 1020. The van der Waals surface area contributed by atoms with Crippen molar-refractivity contribution in [3.05, 3.63) is 59.4 Å². The maximum Gasteiger partial charge on any atom is 0.264 e. The molecule has 0 atom stereocenters. The number of para-hydroxylation sites is 1. The lowest BCUT2D eigenvalue weighted by Crippen LogP contribution is -2.30. The van der Waals surface area contributed by atoms with Crippen LogP contribution in [0.25, 0.3) is 5.69 Å². The molecule has 0 bridgehead atoms. The zero-order valence-electron chi connectivity index (χ0n) is 13.9. The Morgan fingerprint density at radius 3 is 2.48 bits per heavy atom. The second kappa shape index (κ2) is 5.66. The molecule has 0 saturated carbocycles. The van der Waals surface area contributed by atoms with Gasteiger partial charge >= 0.3 is 0 Å². The SMILES string of the molecule is Cc1cc(-n2cnnn2)cc(C)c1S(=O)(=O)N1CCc2ccccc21. The van der Waals surface area contributed by atoms with Gasteiger partial charge in [0, 0.05) is 6.54 Å². The summed E-state index contributed by atoms with van der Waals surface area (Å²) in [5, 5.41) is 11.1. The Hall–Kier alpha value is -2.74. The molecular weight excluding hydrogens is 338 g/mol. The zero-order chi connectivity index (χ0) is 17.6. The fourth-order valence-corrected chi connectivity index (χ4v) is 5.33. The van der Waals surface area contributed by atoms with Gasteiger partial charge in [-0.25, -0.2) is 13.1 Å². The van der Waals surface area contributed by atoms with E-state index >= 15 is 0 Å². The molecule has 1 aromatic heterocycles. The molecular formula is C17H17N5O2S. The Morgan fingerprint density at radius 2 is 1.80 bits per heavy atom. The van der Waals surface area contributed by atoms with Crippen molar-refractivity contribution >= 4 is 15.7 Å². The molecule has 2 aromatic carbocycles. The lowest BCUT2D eigenvalue weighted by molar-refractivity contribution is 0.591. The van der Waals surface area contributed by atoms with Crippen LogP contribution in [0.15, 0.2) is 47.6 Å². The normalized spacial score (nSPS) is 13.9. The van der Waals surface area contributed by atoms with Gasteiger partial charge in [-0.05, 0) is 65.6 Å². The highest BCUT2D eigenvalue weighted by Crippen LogP contribution is 2.35. The molecule has 0 N–H and O–H groups in total. The summed E-state index contributed by atoms with van der Waals surface area (Å²) in [6.45, 7) is 4.07. The van der Waals surface area contributed by atoms with Crippen molar-refractivity contribution in [2.45, 2.75) is 25.2 Å². The molecule has 0 saturated heterocycles. The summed E-state index contributed by atoms with van der Waals surface area (Å²) in [4.78, 5) is 0.348. The van der Waals surface area contributed by atoms with E-state index in [9.17, 15) is 8.42 Å². The van der Waals surface area contributed by atoms with Crippen molar-refractivity contribution in [1.29, 1.82) is 0 Å². The minimum absolute atomic E-state index is 0.348. The maximum absolute atomic E-state index is 13.3. The Morgan fingerprint density at radius 1 is 1.08 bits per heavy atom. The van der Waals surface area contributed by atoms with E-state index in [1.54, 1.807) is 26.0 Å². The van der Waals surface area contributed by atoms with Crippen LogP contribution in [-0.4, -0.2) is 35.2 Å². The van der Waals surface area contributed by atoms with E-state index in [1.807, 2.05) is 24.3 Å². The van der Waals surface area contributed by atoms with Crippen LogP contribution in [-0.2, 0) is 16.4 Å². The zero-order valence-corrected chi connectivity index (χ0v) is 14.7. The third-order valence-corrected chi connectivity index (χ3v) is 6.57. The summed E-state index contributed by atoms with van der Waals surface area (Å²) < 4.78 is 29.7. The van der Waals surface area contributed by atoms with Gasteiger partial charge < -0.3 is 0 Å². The van der Waals surface area contributed by atoms with Crippen LogP contribution in [0.5, 0.6) is 0 Å². The first-order chi connectivity index (χ1) is 12.0. The number of fused-ring (bicyclic) bond motifs is 1. The molecule has 0 fully saturated rings. The van der Waals surface area contributed by atoms with Crippen molar-refractivity contribution in [3.8, 4) is 5.69 Å². The molecule has 0 aliphatic carbocycles. The summed E-state index contributed by atoms with van der Waals surface area (Å²) in [6, 6.07) is 11.2. The van der Waals surface area contributed by atoms with Crippen LogP contribution in [0.1, 0.15) is 16.7 Å². The summed E-state index contributed by atoms with van der Waals surface area (Å²) in [7, 11) is -3.63. The quantitative estimate of drug-likeness (QED) is 0.718. The summed E-state index contributed by atoms with van der Waals surface area (Å²) >= 11 is 0. The fourth-order valence-electron chi connectivity index (χ4n) is 3.41. The second-order valence-electron chi connectivity index (χ2n) is 6.12.